The van der Waals surface area contributed by atoms with Crippen molar-refractivity contribution in [2.75, 3.05) is 32.8 Å². The maximum absolute atomic E-state index is 13.9. The van der Waals surface area contributed by atoms with Crippen molar-refractivity contribution in [3.63, 3.8) is 0 Å². The first-order chi connectivity index (χ1) is 13.6. The first kappa shape index (κ1) is 23.5. The Kier molecular flexibility index (Phi) is 9.22. The predicted molar refractivity (Wildman–Crippen MR) is 107 cm³/mol. The molecule has 1 aromatic carbocycles. The van der Waals surface area contributed by atoms with Crippen molar-refractivity contribution in [1.29, 1.82) is 0 Å². The van der Waals surface area contributed by atoms with E-state index in [-0.39, 0.29) is 30.6 Å². The number of aliphatic hydroxyl groups is 1. The molecule has 3 rings (SSSR count). The molecular weight excluding hydrogens is 424 g/mol. The number of aromatic nitrogens is 1. The maximum Gasteiger partial charge on any atom is 0.279 e. The first-order valence-electron chi connectivity index (χ1n) is 8.87. The van der Waals surface area contributed by atoms with Crippen molar-refractivity contribution in [3.05, 3.63) is 64.7 Å². The number of nitrogens with one attached hydrogen (secondary N) is 1. The van der Waals surface area contributed by atoms with E-state index >= 15 is 0 Å². The zero-order chi connectivity index (χ0) is 19.9. The van der Waals surface area contributed by atoms with Crippen LogP contribution in [0.4, 0.5) is 4.39 Å². The average molecular weight is 446 g/mol. The number of carbonyl (C=O) groups excluding carboxylic acids is 1. The van der Waals surface area contributed by atoms with Crippen molar-refractivity contribution in [2.45, 2.75) is 12.2 Å². The lowest BCUT2D eigenvalue weighted by molar-refractivity contribution is -0.198. The number of rotatable bonds is 6. The minimum Gasteiger partial charge on any atom is -0.394 e. The molecule has 29 heavy (non-hydrogen) atoms. The minimum atomic E-state index is -0.629. The molecule has 7 nitrogen and oxygen atoms in total. The van der Waals surface area contributed by atoms with Gasteiger partial charge in [-0.25, -0.2) is 9.45 Å². The third kappa shape index (κ3) is 6.08. The van der Waals surface area contributed by atoms with E-state index in [1.165, 1.54) is 18.3 Å². The molecule has 0 spiro atoms. The van der Waals surface area contributed by atoms with Crippen molar-refractivity contribution < 1.29 is 23.9 Å². The van der Waals surface area contributed by atoms with E-state index in [4.69, 9.17) is 21.2 Å². The summed E-state index contributed by atoms with van der Waals surface area (Å²) in [6, 6.07) is 7.67. The van der Waals surface area contributed by atoms with Crippen LogP contribution in [0.25, 0.3) is 0 Å². The number of carbonyl (C=O) groups is 1. The molecular formula is C19H22Cl2FN3O4. The van der Waals surface area contributed by atoms with Gasteiger partial charge in [0.15, 0.2) is 0 Å². The fourth-order valence-corrected chi connectivity index (χ4v) is 3.02. The number of hydrogen-bond donors (Lipinski definition) is 2. The van der Waals surface area contributed by atoms with Crippen molar-refractivity contribution in [2.24, 2.45) is 0 Å². The van der Waals surface area contributed by atoms with Crippen LogP contribution in [-0.4, -0.2) is 60.0 Å². The summed E-state index contributed by atoms with van der Waals surface area (Å²) in [5, 5.41) is 13.6. The summed E-state index contributed by atoms with van der Waals surface area (Å²) in [7, 11) is 0. The second-order valence-electron chi connectivity index (χ2n) is 6.19. The average Bonchev–Trinajstić information content (AvgIpc) is 2.95. The van der Waals surface area contributed by atoms with E-state index in [1.54, 1.807) is 24.4 Å². The Balaban J connectivity index is 0.00000300. The third-order valence-electron chi connectivity index (χ3n) is 4.23. The molecule has 1 aliphatic heterocycles. The van der Waals surface area contributed by atoms with Gasteiger partial charge in [0.2, 0.25) is 0 Å². The highest BCUT2D eigenvalue weighted by molar-refractivity contribution is 6.30. The number of ether oxygens (including phenoxy) is 1. The maximum atomic E-state index is 13.9. The summed E-state index contributed by atoms with van der Waals surface area (Å²) >= 11 is 5.78. The molecule has 0 radical (unpaired) electrons. The molecule has 2 N–H and O–H groups in total. The SMILES string of the molecule is Cl.O=C(c1cccnc1)N(CCO)O[C@@H]1CNCCO[C@H]1c1ccc(Cl)c(F)c1. The van der Waals surface area contributed by atoms with Crippen molar-refractivity contribution in [3.8, 4) is 0 Å². The molecule has 1 aromatic heterocycles. The number of hydrogen-bond acceptors (Lipinski definition) is 6. The van der Waals surface area contributed by atoms with Gasteiger partial charge < -0.3 is 15.2 Å². The van der Waals surface area contributed by atoms with E-state index in [9.17, 15) is 14.3 Å². The van der Waals surface area contributed by atoms with Crippen LogP contribution in [0.3, 0.4) is 0 Å². The second-order valence-corrected chi connectivity index (χ2v) is 6.59. The van der Waals surface area contributed by atoms with Crippen LogP contribution in [0.2, 0.25) is 5.02 Å². The van der Waals surface area contributed by atoms with Gasteiger partial charge in [-0.1, -0.05) is 17.7 Å². The highest BCUT2D eigenvalue weighted by Gasteiger charge is 2.31. The second kappa shape index (κ2) is 11.4. The summed E-state index contributed by atoms with van der Waals surface area (Å²) in [5.74, 6) is -0.996. The Morgan fingerprint density at radius 2 is 2.28 bits per heavy atom. The van der Waals surface area contributed by atoms with Gasteiger partial charge in [0.05, 0.1) is 30.3 Å². The largest absolute Gasteiger partial charge is 0.394 e. The topological polar surface area (TPSA) is 83.9 Å². The molecule has 0 aliphatic carbocycles. The zero-order valence-corrected chi connectivity index (χ0v) is 17.0. The van der Waals surface area contributed by atoms with Crippen molar-refractivity contribution in [1.82, 2.24) is 15.4 Å². The molecule has 0 saturated carbocycles. The molecule has 0 bridgehead atoms. The number of nitrogens with zero attached hydrogens (tertiary/aromatic N) is 2. The minimum absolute atomic E-state index is 0. The Morgan fingerprint density at radius 3 is 2.97 bits per heavy atom. The molecule has 10 heteroatoms. The smallest absolute Gasteiger partial charge is 0.279 e. The van der Waals surface area contributed by atoms with Crippen molar-refractivity contribution >= 4 is 29.9 Å². The molecule has 2 heterocycles. The third-order valence-corrected chi connectivity index (χ3v) is 4.54. The van der Waals surface area contributed by atoms with Gasteiger partial charge in [0.25, 0.3) is 5.91 Å². The standard InChI is InChI=1S/C19H21ClFN3O4.ClH/c20-15-4-3-13(10-16(15)21)18-17(12-23-6-9-27-18)28-24(7-8-25)19(26)14-2-1-5-22-11-14;/h1-5,10-11,17-18,23,25H,6-9,12H2;1H/t17-,18+;/m1./s1. The van der Waals surface area contributed by atoms with Gasteiger partial charge in [-0.2, -0.15) is 0 Å². The number of amides is 1. The summed E-state index contributed by atoms with van der Waals surface area (Å²) in [5.41, 5.74) is 0.876. The van der Waals surface area contributed by atoms with Crippen LogP contribution in [0.15, 0.2) is 42.7 Å². The normalized spacial score (nSPS) is 19.1. The van der Waals surface area contributed by atoms with Crippen LogP contribution in [-0.2, 0) is 9.57 Å². The molecule has 1 amide bonds. The van der Waals surface area contributed by atoms with Crippen LogP contribution in [0.1, 0.15) is 22.0 Å². The summed E-state index contributed by atoms with van der Waals surface area (Å²) in [6.45, 7) is 1.03. The Bertz CT molecular complexity index is 800. The number of hydroxylamine groups is 2. The van der Waals surface area contributed by atoms with E-state index in [1.807, 2.05) is 0 Å². The molecule has 1 fully saturated rings. The van der Waals surface area contributed by atoms with E-state index in [2.05, 4.69) is 10.3 Å². The Morgan fingerprint density at radius 1 is 1.45 bits per heavy atom. The fourth-order valence-electron chi connectivity index (χ4n) is 2.90. The highest BCUT2D eigenvalue weighted by Crippen LogP contribution is 2.28. The number of halogens is 3. The first-order valence-corrected chi connectivity index (χ1v) is 9.24. The summed E-state index contributed by atoms with van der Waals surface area (Å²) in [6.07, 6.45) is 1.73. The zero-order valence-electron chi connectivity index (χ0n) is 15.5. The molecule has 158 valence electrons. The van der Waals surface area contributed by atoms with Gasteiger partial charge in [-0.05, 0) is 29.8 Å². The summed E-state index contributed by atoms with van der Waals surface area (Å²) < 4.78 is 19.8. The van der Waals surface area contributed by atoms with Crippen LogP contribution in [0, 0.1) is 5.82 Å². The van der Waals surface area contributed by atoms with Crippen LogP contribution < -0.4 is 5.32 Å². The van der Waals surface area contributed by atoms with Gasteiger partial charge in [0, 0.05) is 25.5 Å². The monoisotopic (exact) mass is 445 g/mol. The lowest BCUT2D eigenvalue weighted by Crippen LogP contribution is -2.42. The quantitative estimate of drug-likeness (QED) is 0.664. The Hall–Kier alpha value is -1.81. The molecule has 2 aromatic rings. The van der Waals surface area contributed by atoms with Gasteiger partial charge in [-0.15, -0.1) is 12.4 Å². The number of pyridine rings is 1. The number of aliphatic hydroxyl groups excluding tert-OH is 1. The lowest BCUT2D eigenvalue weighted by Gasteiger charge is -2.30. The van der Waals surface area contributed by atoms with Crippen LogP contribution >= 0.6 is 24.0 Å². The number of benzene rings is 1. The molecule has 1 aliphatic rings. The molecule has 0 unspecified atom stereocenters. The fraction of sp³-hybridized carbons (Fsp3) is 0.368. The lowest BCUT2D eigenvalue weighted by atomic mass is 10.0. The van der Waals surface area contributed by atoms with Gasteiger partial charge in [0.1, 0.15) is 18.0 Å². The molecule has 2 atom stereocenters. The van der Waals surface area contributed by atoms with E-state index in [0.29, 0.717) is 30.8 Å². The summed E-state index contributed by atoms with van der Waals surface area (Å²) in [4.78, 5) is 22.6. The van der Waals surface area contributed by atoms with E-state index in [0.717, 1.165) is 5.06 Å². The predicted octanol–water partition coefficient (Wildman–Crippen LogP) is 2.39. The van der Waals surface area contributed by atoms with Gasteiger partial charge in [-0.3, -0.25) is 14.6 Å². The van der Waals surface area contributed by atoms with E-state index < -0.39 is 23.9 Å². The molecule has 1 saturated heterocycles. The Labute approximate surface area is 179 Å². The van der Waals surface area contributed by atoms with Gasteiger partial charge >= 0.3 is 0 Å². The van der Waals surface area contributed by atoms with Crippen LogP contribution in [0.5, 0.6) is 0 Å². The highest BCUT2D eigenvalue weighted by atomic mass is 35.5.